The van der Waals surface area contributed by atoms with Gasteiger partial charge in [-0.05, 0) is 142 Å². The summed E-state index contributed by atoms with van der Waals surface area (Å²) in [7, 11) is 0. The number of anilines is 5. The van der Waals surface area contributed by atoms with E-state index in [0.29, 0.717) is 136 Å². The van der Waals surface area contributed by atoms with E-state index in [-0.39, 0.29) is 77.5 Å². The Balaban J connectivity index is 0.000000212. The predicted molar refractivity (Wildman–Crippen MR) is 353 cm³/mol. The maximum absolute atomic E-state index is 14.2. The summed E-state index contributed by atoms with van der Waals surface area (Å²) < 4.78 is 125. The Labute approximate surface area is 577 Å². The minimum atomic E-state index is -4.84. The molecule has 34 heteroatoms. The van der Waals surface area contributed by atoms with E-state index in [9.17, 15) is 79.2 Å². The monoisotopic (exact) mass is 1480 g/mol. The van der Waals surface area contributed by atoms with Crippen LogP contribution in [0.4, 0.5) is 79.3 Å². The zero-order chi connectivity index (χ0) is 70.4. The van der Waals surface area contributed by atoms with Crippen molar-refractivity contribution in [1.82, 2.24) is 15.1 Å². The number of rotatable bonds is 14. The number of nitrogens with zero attached hydrogens (tertiary/aromatic N) is 7. The molecule has 4 N–H and O–H groups in total. The van der Waals surface area contributed by atoms with Gasteiger partial charge in [-0.3, -0.25) is 34.6 Å². The maximum Gasteiger partial charge on any atom is 0.423 e. The molecule has 3 aliphatic heterocycles. The minimum absolute atomic E-state index is 0.00466. The van der Waals surface area contributed by atoms with E-state index >= 15 is 0 Å². The van der Waals surface area contributed by atoms with Crippen molar-refractivity contribution >= 4 is 126 Å². The molecule has 5 aromatic carbocycles. The van der Waals surface area contributed by atoms with Crippen molar-refractivity contribution < 1.29 is 73.6 Å². The van der Waals surface area contributed by atoms with E-state index < -0.39 is 55.8 Å². The largest absolute Gasteiger partial charge is 0.423 e. The Morgan fingerprint density at radius 1 is 0.531 bits per heavy atom. The first-order chi connectivity index (χ1) is 45.4. The van der Waals surface area contributed by atoms with Crippen molar-refractivity contribution in [3.8, 4) is 0 Å². The molecule has 96 heavy (non-hydrogen) atoms. The second-order valence-corrected chi connectivity index (χ2v) is 24.7. The average molecular weight is 1480 g/mol. The Hall–Kier alpha value is -6.50. The lowest BCUT2D eigenvalue weighted by atomic mass is 9.92. The molecule has 19 nitrogen and oxygen atoms in total. The van der Waals surface area contributed by atoms with Gasteiger partial charge in [-0.1, -0.05) is 34.8 Å². The SMILES string of the molecule is Fc1cc(Cl)ccc1N1CCNCC1.O=C(CCl)N1CCN(c2ccc(Cl)cc2F)CC1.O=C(COC1CCC(Nc2ccc([N+](=O)[O-])c(C(F)(F)F)c2)CC1)N1CCN(c2ccc(Cl)cc2F)CC1.O=C(Cl)CCl.O=[N+]([O-])c1ccc(NC2CCC(O)CC2)cc1C(F)(F)F. The van der Waals surface area contributed by atoms with Crippen LogP contribution in [0.25, 0.3) is 0 Å². The molecule has 2 saturated carbocycles. The Bertz CT molecular complexity index is 3410. The number of nitro groups is 2. The zero-order valence-corrected chi connectivity index (χ0v) is 55.8. The number of aliphatic hydroxyl groups excluding tert-OH is 1. The smallest absolute Gasteiger partial charge is 0.393 e. The van der Waals surface area contributed by atoms with Crippen LogP contribution in [0.3, 0.4) is 0 Å². The van der Waals surface area contributed by atoms with Crippen LogP contribution in [-0.4, -0.2) is 163 Å². The molecular formula is C62H69Cl6F9N10O9. The molecule has 2 aliphatic carbocycles. The summed E-state index contributed by atoms with van der Waals surface area (Å²) in [5.74, 6) is -1.30. The highest BCUT2D eigenvalue weighted by Gasteiger charge is 2.40. The number of carbonyl (C=O) groups excluding carboxylic acids is 3. The van der Waals surface area contributed by atoms with E-state index in [2.05, 4.69) is 16.0 Å². The predicted octanol–water partition coefficient (Wildman–Crippen LogP) is 14.1. The molecule has 0 unspecified atom stereocenters. The minimum Gasteiger partial charge on any atom is -0.393 e. The van der Waals surface area contributed by atoms with Gasteiger partial charge < -0.3 is 50.3 Å². The zero-order valence-electron chi connectivity index (χ0n) is 51.2. The summed E-state index contributed by atoms with van der Waals surface area (Å²) in [6, 6.07) is 19.6. The lowest BCUT2D eigenvalue weighted by molar-refractivity contribution is -0.388. The number of hydrogen-bond acceptors (Lipinski definition) is 15. The molecule has 5 aromatic rings. The Morgan fingerprint density at radius 2 is 0.885 bits per heavy atom. The first-order valence-corrected chi connectivity index (χ1v) is 32.7. The number of benzene rings is 5. The van der Waals surface area contributed by atoms with E-state index in [4.69, 9.17) is 74.3 Å². The molecule has 5 fully saturated rings. The summed E-state index contributed by atoms with van der Waals surface area (Å²) in [4.78, 5) is 62.2. The normalized spacial score (nSPS) is 18.9. The van der Waals surface area contributed by atoms with Crippen molar-refractivity contribution in [1.29, 1.82) is 0 Å². The number of carbonyl (C=O) groups is 3. The number of hydrogen-bond donors (Lipinski definition) is 4. The summed E-state index contributed by atoms with van der Waals surface area (Å²) in [6.07, 6.45) is -5.16. The molecule has 3 heterocycles. The number of piperazine rings is 3. The highest BCUT2D eigenvalue weighted by Crippen LogP contribution is 2.40. The first-order valence-electron chi connectivity index (χ1n) is 30.1. The van der Waals surface area contributed by atoms with Crippen molar-refractivity contribution in [2.75, 3.05) is 122 Å². The van der Waals surface area contributed by atoms with Crippen LogP contribution in [0.1, 0.15) is 62.5 Å². The van der Waals surface area contributed by atoms with Crippen molar-refractivity contribution in [2.45, 2.75) is 88.0 Å². The van der Waals surface area contributed by atoms with Crippen LogP contribution < -0.4 is 30.7 Å². The van der Waals surface area contributed by atoms with Gasteiger partial charge in [0.2, 0.25) is 17.1 Å². The lowest BCUT2D eigenvalue weighted by Crippen LogP contribution is -2.50. The highest BCUT2D eigenvalue weighted by atomic mass is 35.5. The quantitative estimate of drug-likeness (QED) is 0.0267. The molecule has 5 aliphatic rings. The average Bonchev–Trinajstić information content (AvgIpc) is 0.862. The summed E-state index contributed by atoms with van der Waals surface area (Å²) >= 11 is 32.3. The van der Waals surface area contributed by atoms with Gasteiger partial charge in [0.15, 0.2) is 0 Å². The van der Waals surface area contributed by atoms with E-state index in [1.54, 1.807) is 46.2 Å². The number of alkyl halides is 8. The van der Waals surface area contributed by atoms with Gasteiger partial charge in [-0.25, -0.2) is 13.2 Å². The molecule has 0 radical (unpaired) electrons. The molecule has 526 valence electrons. The Morgan fingerprint density at radius 3 is 1.22 bits per heavy atom. The van der Waals surface area contributed by atoms with Gasteiger partial charge >= 0.3 is 12.4 Å². The van der Waals surface area contributed by atoms with Crippen molar-refractivity contribution in [2.24, 2.45) is 0 Å². The third-order valence-electron chi connectivity index (χ3n) is 15.9. The van der Waals surface area contributed by atoms with Crippen LogP contribution in [0.2, 0.25) is 15.1 Å². The fourth-order valence-corrected chi connectivity index (χ4v) is 11.6. The fraction of sp³-hybridized carbons (Fsp3) is 0.468. The van der Waals surface area contributed by atoms with E-state index in [1.807, 2.05) is 14.7 Å². The molecule has 3 saturated heterocycles. The van der Waals surface area contributed by atoms with Gasteiger partial charge in [-0.15, -0.1) is 23.2 Å². The van der Waals surface area contributed by atoms with Gasteiger partial charge in [-0.2, -0.15) is 26.3 Å². The van der Waals surface area contributed by atoms with Crippen molar-refractivity contribution in [3.05, 3.63) is 155 Å². The molecule has 0 spiro atoms. The molecule has 0 aromatic heterocycles. The number of nitro benzene ring substituents is 2. The van der Waals surface area contributed by atoms with Gasteiger partial charge in [0, 0.05) is 129 Å². The maximum atomic E-state index is 14.2. The fourth-order valence-electron chi connectivity index (χ4n) is 11.0. The molecule has 0 atom stereocenters. The van der Waals surface area contributed by atoms with Crippen LogP contribution in [0, 0.1) is 37.7 Å². The summed E-state index contributed by atoms with van der Waals surface area (Å²) in [6.45, 7) is 7.60. The Kier molecular flexibility index (Phi) is 30.6. The summed E-state index contributed by atoms with van der Waals surface area (Å²) in [5.41, 5.74) is -2.49. The third-order valence-corrected chi connectivity index (χ3v) is 17.4. The van der Waals surface area contributed by atoms with Gasteiger partial charge in [0.25, 0.3) is 11.4 Å². The summed E-state index contributed by atoms with van der Waals surface area (Å²) in [5, 5.41) is 40.8. The molecule has 0 bridgehead atoms. The van der Waals surface area contributed by atoms with Crippen LogP contribution in [-0.2, 0) is 31.5 Å². The van der Waals surface area contributed by atoms with Crippen LogP contribution >= 0.6 is 69.6 Å². The molecule has 2 amide bonds. The highest BCUT2D eigenvalue weighted by molar-refractivity contribution is 6.67. The van der Waals surface area contributed by atoms with Gasteiger partial charge in [0.05, 0.1) is 45.0 Å². The number of halogens is 15. The number of nitrogens with one attached hydrogen (secondary N) is 3. The second kappa shape index (κ2) is 37.5. The van der Waals surface area contributed by atoms with Crippen molar-refractivity contribution in [3.63, 3.8) is 0 Å². The number of amides is 2. The topological polar surface area (TPSA) is 219 Å². The first kappa shape index (κ1) is 78.5. The van der Waals surface area contributed by atoms with E-state index in [1.165, 1.54) is 30.3 Å². The van der Waals surface area contributed by atoms with E-state index in [0.717, 1.165) is 50.4 Å². The van der Waals surface area contributed by atoms with Gasteiger partial charge in [0.1, 0.15) is 41.1 Å². The second-order valence-electron chi connectivity index (χ2n) is 22.4. The lowest BCUT2D eigenvalue weighted by Gasteiger charge is -2.36. The molecular weight excluding hydrogens is 1410 g/mol. The standard InChI is InChI=1S/C25H27ClF4N4O4.C13H15F3N2O3.C12H13Cl2FN2O.C10H12ClFN2.C2H2Cl2O/c26-16-1-7-23(21(27)13-16)32-9-11-33(12-10-32)24(35)15-38-19-5-2-17(3-6-19)31-18-4-8-22(34(36)37)20(14-18)25(28,29)30;14-13(15,16)11-7-9(3-6-12(11)18(20)21)17-8-1-4-10(19)5-2-8;13-8-12(18)17-5-3-16(4-6-17)11-2-1-9(14)7-10(11)15;11-8-1-2-10(9(12)7-8)14-5-3-13-4-6-14;3-1-2(4)5/h1,4,7-8,13-14,17,19,31H,2-3,5-6,9-12,15H2;3,6-8,10,17,19H,1-2,4-5H2;1-2,7H,3-6,8H2;1-2,7,13H,3-6H2;1H2. The van der Waals surface area contributed by atoms with Crippen LogP contribution in [0.15, 0.2) is 91.0 Å². The van der Waals surface area contributed by atoms with Crippen LogP contribution in [0.5, 0.6) is 0 Å². The number of aliphatic hydroxyl groups is 1. The number of ether oxygens (including phenoxy) is 1. The third kappa shape index (κ3) is 24.5. The molecule has 10 rings (SSSR count).